The number of aromatic nitrogens is 3. The lowest BCUT2D eigenvalue weighted by Gasteiger charge is -2.18. The molecular formula is C22H21N5. The molecule has 27 heavy (non-hydrogen) atoms. The van der Waals surface area contributed by atoms with E-state index in [9.17, 15) is 0 Å². The van der Waals surface area contributed by atoms with Crippen LogP contribution in [0.15, 0.2) is 67.1 Å². The van der Waals surface area contributed by atoms with Gasteiger partial charge in [-0.25, -0.2) is 9.97 Å². The largest absolute Gasteiger partial charge is 0.370 e. The second-order valence-electron chi connectivity index (χ2n) is 6.83. The van der Waals surface area contributed by atoms with E-state index in [1.165, 1.54) is 27.7 Å². The van der Waals surface area contributed by atoms with Crippen LogP contribution in [-0.2, 0) is 12.8 Å². The number of aromatic amines is 1. The summed E-state index contributed by atoms with van der Waals surface area (Å²) < 4.78 is 0. The zero-order valence-corrected chi connectivity index (χ0v) is 15.0. The first-order valence-electron chi connectivity index (χ1n) is 9.35. The molecule has 5 rings (SSSR count). The van der Waals surface area contributed by atoms with Gasteiger partial charge in [-0.1, -0.05) is 36.4 Å². The van der Waals surface area contributed by atoms with Crippen LogP contribution in [0.3, 0.4) is 0 Å². The number of hydrogen-bond acceptors (Lipinski definition) is 4. The Morgan fingerprint density at radius 2 is 1.93 bits per heavy atom. The zero-order chi connectivity index (χ0) is 18.1. The van der Waals surface area contributed by atoms with Crippen LogP contribution in [0.4, 0.5) is 17.3 Å². The van der Waals surface area contributed by atoms with Crippen LogP contribution in [0.25, 0.3) is 10.9 Å². The van der Waals surface area contributed by atoms with E-state index in [2.05, 4.69) is 79.9 Å². The number of hydrogen-bond donors (Lipinski definition) is 2. The summed E-state index contributed by atoms with van der Waals surface area (Å²) in [5.74, 6) is 1.81. The van der Waals surface area contributed by atoms with Crippen LogP contribution >= 0.6 is 0 Å². The van der Waals surface area contributed by atoms with Crippen molar-refractivity contribution in [3.63, 3.8) is 0 Å². The number of H-pyrrole nitrogens is 1. The standard InChI is InChI=1S/C22H21N5/c1-4-8-20-16(5-1)10-12-27(20)22-13-21(25-15-26-22)23-11-9-17-14-24-19-7-3-2-6-18(17)19/h1-8,13-15,24H,9-12H2,(H,23,25,26). The van der Waals surface area contributed by atoms with E-state index in [0.29, 0.717) is 0 Å². The van der Waals surface area contributed by atoms with Gasteiger partial charge in [0, 0.05) is 41.9 Å². The molecule has 0 amide bonds. The Kier molecular flexibility index (Phi) is 3.98. The summed E-state index contributed by atoms with van der Waals surface area (Å²) in [4.78, 5) is 14.5. The van der Waals surface area contributed by atoms with Gasteiger partial charge in [-0.05, 0) is 36.1 Å². The lowest BCUT2D eigenvalue weighted by atomic mass is 10.1. The molecule has 3 heterocycles. The van der Waals surface area contributed by atoms with Gasteiger partial charge in [-0.3, -0.25) is 0 Å². The van der Waals surface area contributed by atoms with Gasteiger partial charge in [0.15, 0.2) is 0 Å². The van der Waals surface area contributed by atoms with Crippen molar-refractivity contribution in [3.8, 4) is 0 Å². The van der Waals surface area contributed by atoms with Crippen LogP contribution in [0.2, 0.25) is 0 Å². The summed E-state index contributed by atoms with van der Waals surface area (Å²) in [6.07, 6.45) is 5.74. The van der Waals surface area contributed by atoms with Crippen molar-refractivity contribution < 1.29 is 0 Å². The number of nitrogens with zero attached hydrogens (tertiary/aromatic N) is 3. The van der Waals surface area contributed by atoms with Gasteiger partial charge in [-0.15, -0.1) is 0 Å². The van der Waals surface area contributed by atoms with Gasteiger partial charge in [0.2, 0.25) is 0 Å². The Bertz CT molecular complexity index is 1080. The Hall–Kier alpha value is -3.34. The Balaban J connectivity index is 1.29. The summed E-state index contributed by atoms with van der Waals surface area (Å²) >= 11 is 0. The maximum Gasteiger partial charge on any atom is 0.138 e. The Morgan fingerprint density at radius 3 is 2.93 bits per heavy atom. The highest BCUT2D eigenvalue weighted by Crippen LogP contribution is 2.33. The van der Waals surface area contributed by atoms with Gasteiger partial charge >= 0.3 is 0 Å². The number of benzene rings is 2. The van der Waals surface area contributed by atoms with Crippen molar-refractivity contribution >= 4 is 28.2 Å². The van der Waals surface area contributed by atoms with Gasteiger partial charge in [-0.2, -0.15) is 0 Å². The van der Waals surface area contributed by atoms with Gasteiger partial charge < -0.3 is 15.2 Å². The molecule has 134 valence electrons. The molecule has 5 nitrogen and oxygen atoms in total. The molecule has 0 radical (unpaired) electrons. The zero-order valence-electron chi connectivity index (χ0n) is 15.0. The van der Waals surface area contributed by atoms with E-state index in [0.717, 1.165) is 37.6 Å². The summed E-state index contributed by atoms with van der Waals surface area (Å²) in [6, 6.07) is 19.0. The third-order valence-corrected chi connectivity index (χ3v) is 5.19. The number of fused-ring (bicyclic) bond motifs is 2. The maximum absolute atomic E-state index is 4.49. The highest BCUT2D eigenvalue weighted by molar-refractivity contribution is 5.83. The van der Waals surface area contributed by atoms with Crippen LogP contribution in [0.5, 0.6) is 0 Å². The minimum Gasteiger partial charge on any atom is -0.370 e. The third kappa shape index (κ3) is 3.01. The van der Waals surface area contributed by atoms with E-state index in [-0.39, 0.29) is 0 Å². The lowest BCUT2D eigenvalue weighted by Crippen LogP contribution is -2.15. The predicted octanol–water partition coefficient (Wildman–Crippen LogP) is 4.31. The SMILES string of the molecule is c1ccc2c(c1)CCN2c1cc(NCCc2c[nH]c3ccccc23)ncn1. The summed E-state index contributed by atoms with van der Waals surface area (Å²) in [5.41, 5.74) is 5.14. The normalized spacial score (nSPS) is 13.1. The predicted molar refractivity (Wildman–Crippen MR) is 110 cm³/mol. The lowest BCUT2D eigenvalue weighted by molar-refractivity contribution is 0.957. The fraction of sp³-hybridized carbons (Fsp3) is 0.182. The second-order valence-corrected chi connectivity index (χ2v) is 6.83. The molecule has 0 unspecified atom stereocenters. The molecule has 2 aromatic heterocycles. The van der Waals surface area contributed by atoms with Crippen molar-refractivity contribution in [1.29, 1.82) is 0 Å². The molecule has 1 aliphatic rings. The molecule has 5 heteroatoms. The molecular weight excluding hydrogens is 334 g/mol. The molecule has 0 aliphatic carbocycles. The molecule has 0 bridgehead atoms. The van der Waals surface area contributed by atoms with Crippen molar-refractivity contribution in [3.05, 3.63) is 78.2 Å². The average Bonchev–Trinajstić information content (AvgIpc) is 3.33. The molecule has 0 saturated heterocycles. The minimum atomic E-state index is 0.828. The quantitative estimate of drug-likeness (QED) is 0.560. The maximum atomic E-state index is 4.49. The first-order chi connectivity index (χ1) is 13.4. The molecule has 0 fully saturated rings. The first-order valence-corrected chi connectivity index (χ1v) is 9.35. The van der Waals surface area contributed by atoms with Crippen molar-refractivity contribution in [2.75, 3.05) is 23.3 Å². The van der Waals surface area contributed by atoms with E-state index in [4.69, 9.17) is 0 Å². The number of anilines is 3. The van der Waals surface area contributed by atoms with Crippen molar-refractivity contribution in [1.82, 2.24) is 15.0 Å². The van der Waals surface area contributed by atoms with Crippen molar-refractivity contribution in [2.45, 2.75) is 12.8 Å². The number of rotatable bonds is 5. The van der Waals surface area contributed by atoms with Crippen LogP contribution in [0.1, 0.15) is 11.1 Å². The van der Waals surface area contributed by atoms with E-state index in [1.54, 1.807) is 6.33 Å². The molecule has 0 atom stereocenters. The molecule has 2 N–H and O–H groups in total. The highest BCUT2D eigenvalue weighted by atomic mass is 15.2. The number of nitrogens with one attached hydrogen (secondary N) is 2. The number of para-hydroxylation sites is 2. The fourth-order valence-corrected chi connectivity index (χ4v) is 3.83. The van der Waals surface area contributed by atoms with E-state index >= 15 is 0 Å². The minimum absolute atomic E-state index is 0.828. The van der Waals surface area contributed by atoms with E-state index in [1.807, 2.05) is 6.07 Å². The molecule has 0 spiro atoms. The summed E-state index contributed by atoms with van der Waals surface area (Å²) in [6.45, 7) is 1.79. The Labute approximate surface area is 158 Å². The second kappa shape index (κ2) is 6.76. The van der Waals surface area contributed by atoms with Crippen LogP contribution < -0.4 is 10.2 Å². The molecule has 1 aliphatic heterocycles. The van der Waals surface area contributed by atoms with Gasteiger partial charge in [0.1, 0.15) is 18.0 Å². The van der Waals surface area contributed by atoms with Crippen LogP contribution in [-0.4, -0.2) is 28.0 Å². The summed E-state index contributed by atoms with van der Waals surface area (Å²) in [5, 5.41) is 4.73. The smallest absolute Gasteiger partial charge is 0.138 e. The van der Waals surface area contributed by atoms with Crippen molar-refractivity contribution in [2.24, 2.45) is 0 Å². The van der Waals surface area contributed by atoms with Crippen LogP contribution in [0, 0.1) is 0 Å². The topological polar surface area (TPSA) is 56.8 Å². The van der Waals surface area contributed by atoms with Gasteiger partial charge in [0.05, 0.1) is 0 Å². The highest BCUT2D eigenvalue weighted by Gasteiger charge is 2.20. The average molecular weight is 355 g/mol. The molecule has 0 saturated carbocycles. The monoisotopic (exact) mass is 355 g/mol. The summed E-state index contributed by atoms with van der Waals surface area (Å²) in [7, 11) is 0. The van der Waals surface area contributed by atoms with E-state index < -0.39 is 0 Å². The first kappa shape index (κ1) is 15.9. The molecule has 4 aromatic rings. The third-order valence-electron chi connectivity index (χ3n) is 5.19. The van der Waals surface area contributed by atoms with Gasteiger partial charge in [0.25, 0.3) is 0 Å². The Morgan fingerprint density at radius 1 is 1.04 bits per heavy atom. The fourth-order valence-electron chi connectivity index (χ4n) is 3.83. The molecule has 2 aromatic carbocycles.